The van der Waals surface area contributed by atoms with E-state index < -0.39 is 35.7 Å². The summed E-state index contributed by atoms with van der Waals surface area (Å²) >= 11 is 0. The number of anilines is 3. The molecule has 2 amide bonds. The zero-order valence-electron chi connectivity index (χ0n) is 15.9. The predicted octanol–water partition coefficient (Wildman–Crippen LogP) is 3.19. The second kappa shape index (κ2) is 9.76. The molecule has 0 aromatic heterocycles. The molecule has 0 bridgehead atoms. The Morgan fingerprint density at radius 1 is 1.07 bits per heavy atom. The Balaban J connectivity index is 2.03. The Kier molecular flexibility index (Phi) is 7.38. The Morgan fingerprint density at radius 3 is 2.20 bits per heavy atom. The van der Waals surface area contributed by atoms with Crippen LogP contribution in [-0.4, -0.2) is 30.1 Å². The number of amides is 2. The van der Waals surface area contributed by atoms with Crippen LogP contribution in [-0.2, 0) is 15.8 Å². The highest BCUT2D eigenvalue weighted by molar-refractivity contribution is 5.93. The number of aliphatic hydroxyl groups excluding tert-OH is 1. The normalized spacial score (nSPS) is 11.9. The van der Waals surface area contributed by atoms with Gasteiger partial charge in [0, 0.05) is 30.5 Å². The molecule has 2 rings (SSSR count). The lowest BCUT2D eigenvalue weighted by molar-refractivity contribution is -0.137. The molecule has 0 saturated carbocycles. The van der Waals surface area contributed by atoms with Gasteiger partial charge in [-0.2, -0.15) is 18.4 Å². The van der Waals surface area contributed by atoms with Gasteiger partial charge in [-0.25, -0.2) is 0 Å². The van der Waals surface area contributed by atoms with Gasteiger partial charge in [-0.1, -0.05) is 0 Å². The van der Waals surface area contributed by atoms with Crippen LogP contribution in [0.2, 0.25) is 0 Å². The number of nitrogens with zero attached hydrogens (tertiary/aromatic N) is 1. The minimum atomic E-state index is -4.74. The molecule has 1 unspecified atom stereocenters. The molecular weight excluding hydrogens is 401 g/mol. The molecule has 0 radical (unpaired) electrons. The van der Waals surface area contributed by atoms with E-state index in [-0.39, 0.29) is 18.1 Å². The van der Waals surface area contributed by atoms with E-state index in [1.54, 1.807) is 24.3 Å². The average Bonchev–Trinajstić information content (AvgIpc) is 2.68. The van der Waals surface area contributed by atoms with Gasteiger partial charge in [-0.3, -0.25) is 9.59 Å². The lowest BCUT2D eigenvalue weighted by atomic mass is 10.1. The van der Waals surface area contributed by atoms with Crippen LogP contribution >= 0.6 is 0 Å². The van der Waals surface area contributed by atoms with Gasteiger partial charge < -0.3 is 21.1 Å². The van der Waals surface area contributed by atoms with E-state index in [0.29, 0.717) is 17.4 Å². The number of aliphatic hydroxyl groups is 1. The monoisotopic (exact) mass is 420 g/mol. The molecule has 10 heteroatoms. The predicted molar refractivity (Wildman–Crippen MR) is 105 cm³/mol. The Bertz CT molecular complexity index is 953. The van der Waals surface area contributed by atoms with Gasteiger partial charge in [0.15, 0.2) is 0 Å². The SMILES string of the molecule is CC(=O)Nc1ccc(NCC(CO)C(=O)Nc2ccc(C#N)c(C(F)(F)F)c2)cc1. The van der Waals surface area contributed by atoms with Crippen molar-refractivity contribution in [3.8, 4) is 6.07 Å². The van der Waals surface area contributed by atoms with E-state index in [1.807, 2.05) is 0 Å². The first-order chi connectivity index (χ1) is 14.1. The summed E-state index contributed by atoms with van der Waals surface area (Å²) in [4.78, 5) is 23.4. The number of carbonyl (C=O) groups is 2. The van der Waals surface area contributed by atoms with Crippen LogP contribution in [0.15, 0.2) is 42.5 Å². The zero-order chi connectivity index (χ0) is 22.3. The van der Waals surface area contributed by atoms with Gasteiger partial charge in [0.1, 0.15) is 0 Å². The topological polar surface area (TPSA) is 114 Å². The van der Waals surface area contributed by atoms with Crippen molar-refractivity contribution < 1.29 is 27.9 Å². The van der Waals surface area contributed by atoms with Gasteiger partial charge in [-0.15, -0.1) is 0 Å². The maximum Gasteiger partial charge on any atom is 0.417 e. The van der Waals surface area contributed by atoms with Crippen LogP contribution in [0.25, 0.3) is 0 Å². The van der Waals surface area contributed by atoms with Gasteiger partial charge >= 0.3 is 6.18 Å². The first-order valence-corrected chi connectivity index (χ1v) is 8.78. The molecule has 30 heavy (non-hydrogen) atoms. The maximum absolute atomic E-state index is 13.0. The van der Waals surface area contributed by atoms with E-state index in [9.17, 15) is 27.9 Å². The molecule has 0 aliphatic rings. The van der Waals surface area contributed by atoms with E-state index >= 15 is 0 Å². The number of hydrogen-bond acceptors (Lipinski definition) is 5. The lowest BCUT2D eigenvalue weighted by Gasteiger charge is -2.17. The summed E-state index contributed by atoms with van der Waals surface area (Å²) < 4.78 is 39.1. The molecule has 0 heterocycles. The Labute approximate surface area is 170 Å². The first-order valence-electron chi connectivity index (χ1n) is 8.78. The molecular formula is C20H19F3N4O3. The van der Waals surface area contributed by atoms with E-state index in [0.717, 1.165) is 6.07 Å². The fraction of sp³-hybridized carbons (Fsp3) is 0.250. The fourth-order valence-electron chi connectivity index (χ4n) is 2.55. The van der Waals surface area contributed by atoms with Crippen LogP contribution in [0, 0.1) is 17.2 Å². The molecule has 0 aliphatic carbocycles. The molecule has 0 spiro atoms. The minimum absolute atomic E-state index is 0.0181. The Morgan fingerprint density at radius 2 is 1.67 bits per heavy atom. The van der Waals surface area contributed by atoms with E-state index in [2.05, 4.69) is 16.0 Å². The lowest BCUT2D eigenvalue weighted by Crippen LogP contribution is -2.31. The summed E-state index contributed by atoms with van der Waals surface area (Å²) in [6, 6.07) is 10.9. The van der Waals surface area contributed by atoms with E-state index in [1.165, 1.54) is 19.1 Å². The average molecular weight is 420 g/mol. The molecule has 0 fully saturated rings. The molecule has 2 aromatic carbocycles. The maximum atomic E-state index is 13.0. The van der Waals surface area contributed by atoms with Gasteiger partial charge in [0.05, 0.1) is 29.7 Å². The van der Waals surface area contributed by atoms with Crippen LogP contribution < -0.4 is 16.0 Å². The summed E-state index contributed by atoms with van der Waals surface area (Å²) in [5, 5.41) is 26.2. The van der Waals surface area contributed by atoms with Gasteiger partial charge in [-0.05, 0) is 42.5 Å². The second-order valence-corrected chi connectivity index (χ2v) is 6.38. The molecule has 0 saturated heterocycles. The number of benzene rings is 2. The van der Waals surface area contributed by atoms with Crippen molar-refractivity contribution in [2.75, 3.05) is 29.1 Å². The van der Waals surface area contributed by atoms with Crippen molar-refractivity contribution in [2.45, 2.75) is 13.1 Å². The number of nitriles is 1. The van der Waals surface area contributed by atoms with Crippen molar-refractivity contribution in [2.24, 2.45) is 5.92 Å². The van der Waals surface area contributed by atoms with Crippen molar-refractivity contribution in [1.82, 2.24) is 0 Å². The smallest absolute Gasteiger partial charge is 0.395 e. The third-order valence-electron chi connectivity index (χ3n) is 4.06. The Hall–Kier alpha value is -3.58. The molecule has 0 aliphatic heterocycles. The van der Waals surface area contributed by atoms with Crippen LogP contribution in [0.1, 0.15) is 18.1 Å². The number of hydrogen-bond donors (Lipinski definition) is 4. The summed E-state index contributed by atoms with van der Waals surface area (Å²) in [6.45, 7) is 0.859. The minimum Gasteiger partial charge on any atom is -0.395 e. The van der Waals surface area contributed by atoms with E-state index in [4.69, 9.17) is 5.26 Å². The second-order valence-electron chi connectivity index (χ2n) is 6.38. The van der Waals surface area contributed by atoms with Crippen LogP contribution in [0.5, 0.6) is 0 Å². The molecule has 4 N–H and O–H groups in total. The number of rotatable bonds is 7. The highest BCUT2D eigenvalue weighted by atomic mass is 19.4. The third-order valence-corrected chi connectivity index (χ3v) is 4.06. The van der Waals surface area contributed by atoms with Crippen LogP contribution in [0.4, 0.5) is 30.2 Å². The highest BCUT2D eigenvalue weighted by Gasteiger charge is 2.34. The molecule has 7 nitrogen and oxygen atoms in total. The zero-order valence-corrected chi connectivity index (χ0v) is 15.9. The highest BCUT2D eigenvalue weighted by Crippen LogP contribution is 2.33. The van der Waals surface area contributed by atoms with Crippen molar-refractivity contribution in [1.29, 1.82) is 5.26 Å². The fourth-order valence-corrected chi connectivity index (χ4v) is 2.55. The third kappa shape index (κ3) is 6.22. The van der Waals surface area contributed by atoms with Crippen molar-refractivity contribution in [3.05, 3.63) is 53.6 Å². The summed E-state index contributed by atoms with van der Waals surface area (Å²) in [5.41, 5.74) is -0.632. The quantitative estimate of drug-likeness (QED) is 0.549. The van der Waals surface area contributed by atoms with Crippen molar-refractivity contribution >= 4 is 28.9 Å². The first kappa shape index (κ1) is 22.7. The summed E-state index contributed by atoms with van der Waals surface area (Å²) in [6.07, 6.45) is -4.74. The van der Waals surface area contributed by atoms with Gasteiger partial charge in [0.25, 0.3) is 0 Å². The largest absolute Gasteiger partial charge is 0.417 e. The number of halogens is 3. The van der Waals surface area contributed by atoms with Gasteiger partial charge in [0.2, 0.25) is 11.8 Å². The number of nitrogens with one attached hydrogen (secondary N) is 3. The molecule has 158 valence electrons. The van der Waals surface area contributed by atoms with Crippen LogP contribution in [0.3, 0.4) is 0 Å². The summed E-state index contributed by atoms with van der Waals surface area (Å²) in [5.74, 6) is -1.84. The molecule has 1 atom stereocenters. The number of alkyl halides is 3. The number of carbonyl (C=O) groups excluding carboxylic acids is 2. The standard InChI is InChI=1S/C20H19F3N4O3/c1-12(29)26-16-6-4-15(5-7-16)25-10-14(11-28)19(30)27-17-3-2-13(9-24)18(8-17)20(21,22)23/h2-8,14,25,28H,10-11H2,1H3,(H,26,29)(H,27,30). The molecule has 2 aromatic rings. The van der Waals surface area contributed by atoms with Crippen molar-refractivity contribution in [3.63, 3.8) is 0 Å². The summed E-state index contributed by atoms with van der Waals surface area (Å²) in [7, 11) is 0.